The van der Waals surface area contributed by atoms with Gasteiger partial charge in [-0.2, -0.15) is 0 Å². The number of likely N-dealkylation sites (N-methyl/N-ethyl adjacent to an activating group) is 1. The van der Waals surface area contributed by atoms with Gasteiger partial charge >= 0.3 is 5.97 Å². The summed E-state index contributed by atoms with van der Waals surface area (Å²) in [5, 5.41) is 9.39. The number of carboxylic acids is 1. The van der Waals surface area contributed by atoms with Crippen molar-refractivity contribution in [2.75, 3.05) is 32.8 Å². The van der Waals surface area contributed by atoms with Crippen LogP contribution in [0.4, 0.5) is 0 Å². The van der Waals surface area contributed by atoms with Gasteiger partial charge in [0, 0.05) is 32.1 Å². The summed E-state index contributed by atoms with van der Waals surface area (Å²) >= 11 is 0. The van der Waals surface area contributed by atoms with Crippen molar-refractivity contribution in [1.82, 2.24) is 9.80 Å². The van der Waals surface area contributed by atoms with E-state index in [1.807, 2.05) is 13.8 Å². The second kappa shape index (κ2) is 6.75. The molecule has 2 saturated heterocycles. The predicted molar refractivity (Wildman–Crippen MR) is 77.9 cm³/mol. The van der Waals surface area contributed by atoms with Crippen LogP contribution in [0.1, 0.15) is 27.2 Å². The Balaban J connectivity index is 2.03. The molecule has 120 valence electrons. The lowest BCUT2D eigenvalue weighted by Gasteiger charge is -2.43. The first-order chi connectivity index (χ1) is 9.93. The van der Waals surface area contributed by atoms with Crippen LogP contribution in [0.15, 0.2) is 0 Å². The van der Waals surface area contributed by atoms with E-state index in [9.17, 15) is 14.7 Å². The van der Waals surface area contributed by atoms with Crippen LogP contribution in [-0.4, -0.2) is 71.7 Å². The number of amides is 1. The van der Waals surface area contributed by atoms with Gasteiger partial charge in [-0.05, 0) is 19.4 Å². The number of piperidine rings is 1. The minimum Gasteiger partial charge on any atom is -0.481 e. The minimum absolute atomic E-state index is 0.0204. The summed E-state index contributed by atoms with van der Waals surface area (Å²) in [5.74, 6) is -1.37. The van der Waals surface area contributed by atoms with Gasteiger partial charge in [0.2, 0.25) is 5.91 Å². The number of carbonyl (C=O) groups is 2. The van der Waals surface area contributed by atoms with Crippen LogP contribution < -0.4 is 0 Å². The van der Waals surface area contributed by atoms with Crippen molar-refractivity contribution >= 4 is 11.9 Å². The average Bonchev–Trinajstić information content (AvgIpc) is 2.43. The molecule has 0 bridgehead atoms. The van der Waals surface area contributed by atoms with Gasteiger partial charge in [0.1, 0.15) is 0 Å². The molecule has 6 heteroatoms. The summed E-state index contributed by atoms with van der Waals surface area (Å²) in [5.41, 5.74) is 0. The molecule has 21 heavy (non-hydrogen) atoms. The van der Waals surface area contributed by atoms with Crippen LogP contribution in [0.3, 0.4) is 0 Å². The largest absolute Gasteiger partial charge is 0.481 e. The maximum atomic E-state index is 12.3. The molecule has 2 aliphatic heterocycles. The Bertz CT molecular complexity index is 401. The Morgan fingerprint density at radius 1 is 1.43 bits per heavy atom. The molecular formula is C15H26N2O4. The van der Waals surface area contributed by atoms with E-state index >= 15 is 0 Å². The van der Waals surface area contributed by atoms with E-state index < -0.39 is 11.9 Å². The number of likely N-dealkylation sites (tertiary alicyclic amines) is 1. The van der Waals surface area contributed by atoms with Crippen molar-refractivity contribution in [1.29, 1.82) is 0 Å². The van der Waals surface area contributed by atoms with E-state index in [1.165, 1.54) is 0 Å². The number of carbonyl (C=O) groups excluding carboxylic acids is 1. The van der Waals surface area contributed by atoms with Gasteiger partial charge in [0.05, 0.1) is 18.6 Å². The van der Waals surface area contributed by atoms with E-state index in [2.05, 4.69) is 11.8 Å². The molecule has 1 N–H and O–H groups in total. The molecule has 6 nitrogen and oxygen atoms in total. The molecule has 0 aromatic carbocycles. The lowest BCUT2D eigenvalue weighted by molar-refractivity contribution is -0.157. The zero-order valence-corrected chi connectivity index (χ0v) is 13.1. The Kier molecular flexibility index (Phi) is 5.22. The van der Waals surface area contributed by atoms with Crippen molar-refractivity contribution < 1.29 is 19.4 Å². The Hall–Kier alpha value is -1.14. The number of morpholine rings is 1. The summed E-state index contributed by atoms with van der Waals surface area (Å²) in [6, 6.07) is -0.278. The van der Waals surface area contributed by atoms with E-state index in [1.54, 1.807) is 4.90 Å². The lowest BCUT2D eigenvalue weighted by atomic mass is 9.81. The van der Waals surface area contributed by atoms with Crippen LogP contribution in [0.25, 0.3) is 0 Å². The first-order valence-electron chi connectivity index (χ1n) is 7.80. The molecule has 1 amide bonds. The molecular weight excluding hydrogens is 272 g/mol. The smallest absolute Gasteiger partial charge is 0.308 e. The molecule has 4 atom stereocenters. The fourth-order valence-corrected chi connectivity index (χ4v) is 3.53. The van der Waals surface area contributed by atoms with E-state index in [4.69, 9.17) is 4.74 Å². The number of ether oxygens (including phenoxy) is 1. The number of aliphatic carboxylic acids is 1. The maximum absolute atomic E-state index is 12.3. The van der Waals surface area contributed by atoms with Crippen LogP contribution in [0.5, 0.6) is 0 Å². The Morgan fingerprint density at radius 2 is 2.14 bits per heavy atom. The van der Waals surface area contributed by atoms with Gasteiger partial charge in [-0.15, -0.1) is 0 Å². The molecule has 2 aliphatic rings. The fraction of sp³-hybridized carbons (Fsp3) is 0.867. The van der Waals surface area contributed by atoms with E-state index in [0.717, 1.165) is 19.6 Å². The summed E-state index contributed by atoms with van der Waals surface area (Å²) in [4.78, 5) is 27.7. The highest BCUT2D eigenvalue weighted by Crippen LogP contribution is 2.30. The SMILES string of the molecule is CCN1CCOC(CN2C(=O)CC(C)C(C(=O)O)C2C)C1. The zero-order valence-electron chi connectivity index (χ0n) is 13.1. The van der Waals surface area contributed by atoms with Crippen LogP contribution in [0.2, 0.25) is 0 Å². The molecule has 2 fully saturated rings. The first kappa shape index (κ1) is 16.2. The third-order valence-electron chi connectivity index (χ3n) is 4.80. The Labute approximate surface area is 126 Å². The summed E-state index contributed by atoms with van der Waals surface area (Å²) in [6.07, 6.45) is 0.291. The number of rotatable bonds is 4. The van der Waals surface area contributed by atoms with Gasteiger partial charge in [0.15, 0.2) is 0 Å². The molecule has 0 saturated carbocycles. The summed E-state index contributed by atoms with van der Waals surface area (Å²) in [7, 11) is 0. The maximum Gasteiger partial charge on any atom is 0.308 e. The summed E-state index contributed by atoms with van der Waals surface area (Å²) < 4.78 is 5.75. The molecule has 0 aromatic heterocycles. The molecule has 0 aromatic rings. The number of hydrogen-bond donors (Lipinski definition) is 1. The van der Waals surface area contributed by atoms with Crippen molar-refractivity contribution in [3.8, 4) is 0 Å². The molecule has 0 radical (unpaired) electrons. The van der Waals surface area contributed by atoms with E-state index in [0.29, 0.717) is 19.6 Å². The fourth-order valence-electron chi connectivity index (χ4n) is 3.53. The van der Waals surface area contributed by atoms with E-state index in [-0.39, 0.29) is 24.0 Å². The van der Waals surface area contributed by atoms with Crippen LogP contribution in [0, 0.1) is 11.8 Å². The Morgan fingerprint density at radius 3 is 2.76 bits per heavy atom. The third-order valence-corrected chi connectivity index (χ3v) is 4.80. The highest BCUT2D eigenvalue weighted by molar-refractivity contribution is 5.81. The van der Waals surface area contributed by atoms with Gasteiger partial charge in [-0.3, -0.25) is 14.5 Å². The number of nitrogens with zero attached hydrogens (tertiary/aromatic N) is 2. The molecule has 4 unspecified atom stereocenters. The zero-order chi connectivity index (χ0) is 15.6. The highest BCUT2D eigenvalue weighted by atomic mass is 16.5. The molecule has 0 aliphatic carbocycles. The normalized spacial score (nSPS) is 35.0. The third kappa shape index (κ3) is 3.55. The number of carboxylic acid groups (broad SMARTS) is 1. The van der Waals surface area contributed by atoms with Gasteiger partial charge in [-0.1, -0.05) is 13.8 Å². The topological polar surface area (TPSA) is 70.1 Å². The van der Waals surface area contributed by atoms with Gasteiger partial charge in [0.25, 0.3) is 0 Å². The minimum atomic E-state index is -0.813. The summed E-state index contributed by atoms with van der Waals surface area (Å²) in [6.45, 7) is 9.66. The standard InChI is InChI=1S/C15H26N2O4/c1-4-16-5-6-21-12(8-16)9-17-11(3)14(15(19)20)10(2)7-13(17)18/h10-12,14H,4-9H2,1-3H3,(H,19,20). The second-order valence-electron chi connectivity index (χ2n) is 6.22. The van der Waals surface area contributed by atoms with Crippen molar-refractivity contribution in [3.63, 3.8) is 0 Å². The van der Waals surface area contributed by atoms with Crippen molar-refractivity contribution in [2.24, 2.45) is 11.8 Å². The predicted octanol–water partition coefficient (Wildman–Crippen LogP) is 0.665. The quantitative estimate of drug-likeness (QED) is 0.826. The van der Waals surface area contributed by atoms with Crippen molar-refractivity contribution in [2.45, 2.75) is 39.3 Å². The van der Waals surface area contributed by atoms with Gasteiger partial charge in [-0.25, -0.2) is 0 Å². The van der Waals surface area contributed by atoms with Crippen LogP contribution in [-0.2, 0) is 14.3 Å². The molecule has 2 heterocycles. The van der Waals surface area contributed by atoms with Crippen LogP contribution >= 0.6 is 0 Å². The van der Waals surface area contributed by atoms with Crippen molar-refractivity contribution in [3.05, 3.63) is 0 Å². The van der Waals surface area contributed by atoms with Gasteiger partial charge < -0.3 is 14.7 Å². The number of hydrogen-bond acceptors (Lipinski definition) is 4. The lowest BCUT2D eigenvalue weighted by Crippen LogP contribution is -2.57. The molecule has 0 spiro atoms. The second-order valence-corrected chi connectivity index (χ2v) is 6.22. The molecule has 2 rings (SSSR count). The highest BCUT2D eigenvalue weighted by Gasteiger charge is 2.42. The monoisotopic (exact) mass is 298 g/mol. The average molecular weight is 298 g/mol. The first-order valence-corrected chi connectivity index (χ1v) is 7.80.